The maximum Gasteiger partial charge on any atom is 0.142 e. The summed E-state index contributed by atoms with van der Waals surface area (Å²) in [6.07, 6.45) is 2.04. The van der Waals surface area contributed by atoms with Crippen LogP contribution in [0.4, 0.5) is 5.69 Å². The van der Waals surface area contributed by atoms with Gasteiger partial charge >= 0.3 is 0 Å². The number of anilines is 1. The summed E-state index contributed by atoms with van der Waals surface area (Å²) < 4.78 is 8.44. The third-order valence-corrected chi connectivity index (χ3v) is 3.17. The molecule has 0 saturated carbocycles. The van der Waals surface area contributed by atoms with E-state index < -0.39 is 0 Å². The van der Waals surface area contributed by atoms with Gasteiger partial charge in [-0.3, -0.25) is 0 Å². The summed E-state index contributed by atoms with van der Waals surface area (Å²) in [7, 11) is 3.71. The molecule has 0 radical (unpaired) electrons. The summed E-state index contributed by atoms with van der Waals surface area (Å²) >= 11 is 3.46. The Hall–Kier alpha value is -1.42. The Balaban J connectivity index is 2.13. The predicted molar refractivity (Wildman–Crippen MR) is 73.4 cm³/mol. The van der Waals surface area contributed by atoms with Gasteiger partial charge in [0.15, 0.2) is 0 Å². The normalized spacial score (nSPS) is 10.3. The van der Waals surface area contributed by atoms with E-state index in [1.165, 1.54) is 5.69 Å². The van der Waals surface area contributed by atoms with Crippen molar-refractivity contribution < 1.29 is 4.74 Å². The lowest BCUT2D eigenvalue weighted by atomic mass is 10.3. The Kier molecular flexibility index (Phi) is 3.74. The Morgan fingerprint density at radius 1 is 1.35 bits per heavy atom. The third kappa shape index (κ3) is 2.82. The molecular formula is C13H15BrN2O. The van der Waals surface area contributed by atoms with E-state index >= 15 is 0 Å². The maximum atomic E-state index is 5.31. The van der Waals surface area contributed by atoms with E-state index in [9.17, 15) is 0 Å². The Morgan fingerprint density at radius 3 is 2.82 bits per heavy atom. The molecule has 0 amide bonds. The number of aryl methyl sites for hydroxylation is 1. The van der Waals surface area contributed by atoms with E-state index in [4.69, 9.17) is 4.74 Å². The molecule has 0 aliphatic carbocycles. The average Bonchev–Trinajstić information content (AvgIpc) is 2.72. The second-order valence-corrected chi connectivity index (χ2v) is 4.72. The lowest BCUT2D eigenvalue weighted by Crippen LogP contribution is -2.05. The zero-order chi connectivity index (χ0) is 12.3. The monoisotopic (exact) mass is 294 g/mol. The number of benzene rings is 1. The highest BCUT2D eigenvalue weighted by atomic mass is 79.9. The number of nitrogens with zero attached hydrogens (tertiary/aromatic N) is 1. The molecule has 1 N–H and O–H groups in total. The summed E-state index contributed by atoms with van der Waals surface area (Å²) in [4.78, 5) is 0. The number of halogens is 1. The van der Waals surface area contributed by atoms with E-state index in [2.05, 4.69) is 31.9 Å². The Labute approximate surface area is 110 Å². The molecule has 0 aliphatic rings. The first kappa shape index (κ1) is 12.0. The van der Waals surface area contributed by atoms with Gasteiger partial charge in [-0.05, 0) is 30.3 Å². The molecule has 2 aromatic rings. The summed E-state index contributed by atoms with van der Waals surface area (Å²) in [5.74, 6) is 0.849. The fourth-order valence-corrected chi connectivity index (χ4v) is 2.05. The Bertz CT molecular complexity index is 508. The number of hydrogen-bond donors (Lipinski definition) is 1. The van der Waals surface area contributed by atoms with Crippen molar-refractivity contribution in [2.24, 2.45) is 7.05 Å². The van der Waals surface area contributed by atoms with Crippen LogP contribution in [0, 0.1) is 0 Å². The van der Waals surface area contributed by atoms with Gasteiger partial charge in [-0.2, -0.15) is 0 Å². The number of hydrogen-bond acceptors (Lipinski definition) is 2. The third-order valence-electron chi connectivity index (χ3n) is 2.67. The number of nitrogens with one attached hydrogen (secondary N) is 1. The van der Waals surface area contributed by atoms with Gasteiger partial charge < -0.3 is 14.6 Å². The van der Waals surface area contributed by atoms with E-state index in [-0.39, 0.29) is 0 Å². The average molecular weight is 295 g/mol. The summed E-state index contributed by atoms with van der Waals surface area (Å²) in [5, 5.41) is 3.37. The van der Waals surface area contributed by atoms with Gasteiger partial charge in [0.1, 0.15) is 5.75 Å². The molecule has 0 atom stereocenters. The molecule has 0 spiro atoms. The smallest absolute Gasteiger partial charge is 0.142 e. The lowest BCUT2D eigenvalue weighted by Gasteiger charge is -2.12. The number of methoxy groups -OCH3 is 1. The van der Waals surface area contributed by atoms with Crippen LogP contribution < -0.4 is 10.1 Å². The Morgan fingerprint density at radius 2 is 2.18 bits per heavy atom. The first-order valence-electron chi connectivity index (χ1n) is 5.38. The van der Waals surface area contributed by atoms with Crippen molar-refractivity contribution in [1.82, 2.24) is 4.57 Å². The van der Waals surface area contributed by atoms with E-state index in [1.807, 2.05) is 37.5 Å². The lowest BCUT2D eigenvalue weighted by molar-refractivity contribution is 0.416. The second-order valence-electron chi connectivity index (χ2n) is 3.81. The van der Waals surface area contributed by atoms with Crippen LogP contribution in [0.1, 0.15) is 5.69 Å². The quantitative estimate of drug-likeness (QED) is 0.935. The number of aromatic nitrogens is 1. The molecule has 0 unspecified atom stereocenters. The van der Waals surface area contributed by atoms with Crippen molar-refractivity contribution in [2.45, 2.75) is 6.54 Å². The van der Waals surface area contributed by atoms with Crippen LogP contribution in [0.25, 0.3) is 0 Å². The van der Waals surface area contributed by atoms with Gasteiger partial charge in [-0.25, -0.2) is 0 Å². The summed E-state index contributed by atoms with van der Waals surface area (Å²) in [6, 6.07) is 10.1. The fraction of sp³-hybridized carbons (Fsp3) is 0.231. The molecule has 90 valence electrons. The van der Waals surface area contributed by atoms with Gasteiger partial charge in [-0.1, -0.05) is 15.9 Å². The van der Waals surface area contributed by atoms with Crippen LogP contribution in [0.5, 0.6) is 5.75 Å². The highest BCUT2D eigenvalue weighted by molar-refractivity contribution is 9.10. The van der Waals surface area contributed by atoms with Gasteiger partial charge in [0, 0.05) is 23.4 Å². The molecule has 0 bridgehead atoms. The summed E-state index contributed by atoms with van der Waals surface area (Å²) in [6.45, 7) is 0.774. The molecule has 1 aromatic heterocycles. The first-order chi connectivity index (χ1) is 8.20. The van der Waals surface area contributed by atoms with Crippen molar-refractivity contribution in [2.75, 3.05) is 12.4 Å². The van der Waals surface area contributed by atoms with Crippen molar-refractivity contribution in [3.8, 4) is 5.75 Å². The topological polar surface area (TPSA) is 26.2 Å². The molecule has 4 heteroatoms. The highest BCUT2D eigenvalue weighted by Gasteiger charge is 2.04. The van der Waals surface area contributed by atoms with Crippen LogP contribution in [0.3, 0.4) is 0 Å². The molecule has 17 heavy (non-hydrogen) atoms. The molecule has 2 rings (SSSR count). The zero-order valence-electron chi connectivity index (χ0n) is 9.90. The molecule has 0 fully saturated rings. The molecular weight excluding hydrogens is 280 g/mol. The van der Waals surface area contributed by atoms with Gasteiger partial charge in [0.25, 0.3) is 0 Å². The van der Waals surface area contributed by atoms with E-state index in [1.54, 1.807) is 7.11 Å². The largest absolute Gasteiger partial charge is 0.495 e. The fourth-order valence-electron chi connectivity index (χ4n) is 1.68. The van der Waals surface area contributed by atoms with Crippen molar-refractivity contribution in [3.63, 3.8) is 0 Å². The number of rotatable bonds is 4. The maximum absolute atomic E-state index is 5.31. The van der Waals surface area contributed by atoms with Crippen molar-refractivity contribution >= 4 is 21.6 Å². The van der Waals surface area contributed by atoms with Gasteiger partial charge in [-0.15, -0.1) is 0 Å². The minimum absolute atomic E-state index is 0.774. The minimum atomic E-state index is 0.774. The first-order valence-corrected chi connectivity index (χ1v) is 6.17. The zero-order valence-corrected chi connectivity index (χ0v) is 11.5. The molecule has 1 aromatic carbocycles. The molecule has 0 aliphatic heterocycles. The van der Waals surface area contributed by atoms with Crippen LogP contribution in [0.2, 0.25) is 0 Å². The molecule has 3 nitrogen and oxygen atoms in total. The standard InChI is InChI=1S/C13H15BrN2O/c1-16-7-3-4-11(16)9-15-12-8-10(14)5-6-13(12)17-2/h3-8,15H,9H2,1-2H3. The van der Waals surface area contributed by atoms with Crippen molar-refractivity contribution in [1.29, 1.82) is 0 Å². The highest BCUT2D eigenvalue weighted by Crippen LogP contribution is 2.28. The van der Waals surface area contributed by atoms with Crippen LogP contribution >= 0.6 is 15.9 Å². The van der Waals surface area contributed by atoms with Crippen LogP contribution in [0.15, 0.2) is 41.0 Å². The van der Waals surface area contributed by atoms with Crippen LogP contribution in [-0.2, 0) is 13.6 Å². The minimum Gasteiger partial charge on any atom is -0.495 e. The van der Waals surface area contributed by atoms with Crippen molar-refractivity contribution in [3.05, 3.63) is 46.7 Å². The molecule has 0 saturated heterocycles. The SMILES string of the molecule is COc1ccc(Br)cc1NCc1cccn1C. The van der Waals surface area contributed by atoms with Gasteiger partial charge in [0.2, 0.25) is 0 Å². The predicted octanol–water partition coefficient (Wildman–Crippen LogP) is 3.41. The van der Waals surface area contributed by atoms with Gasteiger partial charge in [0.05, 0.1) is 19.3 Å². The summed E-state index contributed by atoms with van der Waals surface area (Å²) in [5.41, 5.74) is 2.22. The van der Waals surface area contributed by atoms with E-state index in [0.29, 0.717) is 0 Å². The van der Waals surface area contributed by atoms with E-state index in [0.717, 1.165) is 22.5 Å². The molecule has 1 heterocycles. The number of ether oxygens (including phenoxy) is 1. The van der Waals surface area contributed by atoms with Crippen LogP contribution in [-0.4, -0.2) is 11.7 Å². The second kappa shape index (κ2) is 5.27.